The number of benzene rings is 2. The molecule has 2 amide bonds. The van der Waals surface area contributed by atoms with Gasteiger partial charge in [-0.2, -0.15) is 0 Å². The zero-order valence-corrected chi connectivity index (χ0v) is 18.4. The Morgan fingerprint density at radius 2 is 1.93 bits per heavy atom. The first-order chi connectivity index (χ1) is 14.4. The molecule has 4 rings (SSSR count). The van der Waals surface area contributed by atoms with Gasteiger partial charge in [-0.15, -0.1) is 0 Å². The van der Waals surface area contributed by atoms with Crippen molar-refractivity contribution in [2.45, 2.75) is 51.3 Å². The number of nitrogens with one attached hydrogen (secondary N) is 1. The van der Waals surface area contributed by atoms with Gasteiger partial charge in [0.15, 0.2) is 5.17 Å². The van der Waals surface area contributed by atoms with Crippen LogP contribution >= 0.6 is 11.8 Å². The molecule has 1 saturated heterocycles. The first-order valence-electron chi connectivity index (χ1n) is 10.4. The van der Waals surface area contributed by atoms with E-state index in [-0.39, 0.29) is 24.3 Å². The average Bonchev–Trinajstić information content (AvgIpc) is 3.51. The number of rotatable bonds is 6. The number of aryl methyl sites for hydroxylation is 2. The molecule has 0 aromatic heterocycles. The molecule has 1 N–H and O–H groups in total. The van der Waals surface area contributed by atoms with Crippen LogP contribution in [0.1, 0.15) is 37.3 Å². The molecule has 6 heteroatoms. The summed E-state index contributed by atoms with van der Waals surface area (Å²) in [5.74, 6) is 0.371. The van der Waals surface area contributed by atoms with Gasteiger partial charge in [0.25, 0.3) is 0 Å². The lowest BCUT2D eigenvalue weighted by Gasteiger charge is -2.24. The van der Waals surface area contributed by atoms with Gasteiger partial charge in [0.2, 0.25) is 11.8 Å². The zero-order chi connectivity index (χ0) is 21.3. The van der Waals surface area contributed by atoms with Crippen LogP contribution in [-0.4, -0.2) is 33.2 Å². The van der Waals surface area contributed by atoms with Gasteiger partial charge in [0, 0.05) is 18.2 Å². The second kappa shape index (κ2) is 8.64. The van der Waals surface area contributed by atoms with Crippen molar-refractivity contribution >= 4 is 40.1 Å². The van der Waals surface area contributed by atoms with Crippen LogP contribution in [0.25, 0.3) is 0 Å². The summed E-state index contributed by atoms with van der Waals surface area (Å²) in [6, 6.07) is 15.7. The van der Waals surface area contributed by atoms with Crippen LogP contribution in [0.3, 0.4) is 0 Å². The highest BCUT2D eigenvalue weighted by atomic mass is 32.2. The second-order valence-corrected chi connectivity index (χ2v) is 9.36. The van der Waals surface area contributed by atoms with Crippen molar-refractivity contribution in [1.29, 1.82) is 0 Å². The Balaban J connectivity index is 1.51. The minimum absolute atomic E-state index is 0.00939. The van der Waals surface area contributed by atoms with Crippen LogP contribution in [0.5, 0.6) is 0 Å². The highest BCUT2D eigenvalue weighted by Crippen LogP contribution is 2.41. The van der Waals surface area contributed by atoms with Crippen molar-refractivity contribution in [1.82, 2.24) is 4.90 Å². The van der Waals surface area contributed by atoms with Crippen LogP contribution in [0, 0.1) is 19.8 Å². The third-order valence-corrected chi connectivity index (χ3v) is 6.84. The Hall–Kier alpha value is -2.60. The fourth-order valence-electron chi connectivity index (χ4n) is 3.79. The van der Waals surface area contributed by atoms with Gasteiger partial charge in [0.05, 0.1) is 5.69 Å². The van der Waals surface area contributed by atoms with E-state index in [9.17, 15) is 9.59 Å². The van der Waals surface area contributed by atoms with E-state index in [0.29, 0.717) is 11.1 Å². The first-order valence-corrected chi connectivity index (χ1v) is 11.3. The fourth-order valence-corrected chi connectivity index (χ4v) is 5.03. The van der Waals surface area contributed by atoms with E-state index in [1.165, 1.54) is 11.8 Å². The molecule has 2 aromatic carbocycles. The van der Waals surface area contributed by atoms with Gasteiger partial charge in [-0.25, -0.2) is 4.99 Å². The van der Waals surface area contributed by atoms with Gasteiger partial charge in [0.1, 0.15) is 5.25 Å². The predicted octanol–water partition coefficient (Wildman–Crippen LogP) is 5.06. The number of nitrogens with zero attached hydrogens (tertiary/aromatic N) is 2. The predicted molar refractivity (Wildman–Crippen MR) is 123 cm³/mol. The SMILES string of the molecule is Cc1ccc(NC(=O)C[C@H]2SC(=Nc3ccccc3)N([C@@H](C)C3CC3)C2=O)c(C)c1. The lowest BCUT2D eigenvalue weighted by molar-refractivity contribution is -0.129. The molecule has 2 atom stereocenters. The van der Waals surface area contributed by atoms with E-state index >= 15 is 0 Å². The Bertz CT molecular complexity index is 985. The molecule has 0 unspecified atom stereocenters. The average molecular weight is 422 g/mol. The molecular formula is C24H27N3O2S. The summed E-state index contributed by atoms with van der Waals surface area (Å²) in [6.45, 7) is 6.09. The number of thioether (sulfide) groups is 1. The van der Waals surface area contributed by atoms with Gasteiger partial charge in [-0.3, -0.25) is 14.5 Å². The molecule has 30 heavy (non-hydrogen) atoms. The number of anilines is 1. The Morgan fingerprint density at radius 1 is 1.20 bits per heavy atom. The monoisotopic (exact) mass is 421 g/mol. The number of para-hydroxylation sites is 1. The van der Waals surface area contributed by atoms with E-state index in [1.807, 2.05) is 67.3 Å². The molecule has 0 bridgehead atoms. The van der Waals surface area contributed by atoms with Crippen LogP contribution in [0.4, 0.5) is 11.4 Å². The minimum Gasteiger partial charge on any atom is -0.326 e. The highest BCUT2D eigenvalue weighted by Gasteiger charge is 2.45. The number of hydrogen-bond acceptors (Lipinski definition) is 4. The second-order valence-electron chi connectivity index (χ2n) is 8.19. The van der Waals surface area contributed by atoms with Crippen LogP contribution in [0.2, 0.25) is 0 Å². The van der Waals surface area contributed by atoms with Gasteiger partial charge in [-0.1, -0.05) is 47.7 Å². The van der Waals surface area contributed by atoms with Crippen LogP contribution < -0.4 is 5.32 Å². The lowest BCUT2D eigenvalue weighted by Crippen LogP contribution is -2.41. The van der Waals surface area contributed by atoms with E-state index in [2.05, 4.69) is 12.2 Å². The van der Waals surface area contributed by atoms with Crippen LogP contribution in [-0.2, 0) is 9.59 Å². The molecule has 1 saturated carbocycles. The largest absolute Gasteiger partial charge is 0.326 e. The number of aliphatic imine (C=N–C) groups is 1. The standard InChI is InChI=1S/C24H27N3O2S/c1-15-9-12-20(16(2)13-15)26-22(28)14-21-23(29)27(17(3)18-10-11-18)24(30-21)25-19-7-5-4-6-8-19/h4-9,12-13,17-18,21H,10-11,14H2,1-3H3,(H,26,28)/t17-,21+/m0/s1. The maximum Gasteiger partial charge on any atom is 0.242 e. The first kappa shape index (κ1) is 20.7. The van der Waals surface area contributed by atoms with Gasteiger partial charge in [-0.05, 0) is 63.3 Å². The molecule has 1 heterocycles. The molecule has 2 aromatic rings. The van der Waals surface area contributed by atoms with Crippen molar-refractivity contribution in [2.75, 3.05) is 5.32 Å². The highest BCUT2D eigenvalue weighted by molar-refractivity contribution is 8.15. The summed E-state index contributed by atoms with van der Waals surface area (Å²) in [7, 11) is 0. The minimum atomic E-state index is -0.445. The Morgan fingerprint density at radius 3 is 2.60 bits per heavy atom. The summed E-state index contributed by atoms with van der Waals surface area (Å²) < 4.78 is 0. The van der Waals surface area contributed by atoms with Crippen molar-refractivity contribution in [2.24, 2.45) is 10.9 Å². The number of carbonyl (C=O) groups excluding carboxylic acids is 2. The van der Waals surface area contributed by atoms with E-state index in [4.69, 9.17) is 4.99 Å². The maximum atomic E-state index is 13.2. The van der Waals surface area contributed by atoms with Gasteiger partial charge < -0.3 is 5.32 Å². The fraction of sp³-hybridized carbons (Fsp3) is 0.375. The van der Waals surface area contributed by atoms with Gasteiger partial charge >= 0.3 is 0 Å². The van der Waals surface area contributed by atoms with Crippen molar-refractivity contribution in [3.8, 4) is 0 Å². The summed E-state index contributed by atoms with van der Waals surface area (Å²) in [6.07, 6.45) is 2.43. The number of amides is 2. The number of carbonyl (C=O) groups is 2. The number of amidine groups is 1. The molecule has 2 fully saturated rings. The zero-order valence-electron chi connectivity index (χ0n) is 17.6. The Labute approximate surface area is 182 Å². The molecule has 1 aliphatic heterocycles. The molecule has 156 valence electrons. The smallest absolute Gasteiger partial charge is 0.242 e. The topological polar surface area (TPSA) is 61.8 Å². The maximum absolute atomic E-state index is 13.2. The summed E-state index contributed by atoms with van der Waals surface area (Å²) in [4.78, 5) is 32.5. The van der Waals surface area contributed by atoms with E-state index in [0.717, 1.165) is 35.3 Å². The molecule has 5 nitrogen and oxygen atoms in total. The molecular weight excluding hydrogens is 394 g/mol. The molecule has 2 aliphatic rings. The Kier molecular flexibility index (Phi) is 5.95. The third-order valence-electron chi connectivity index (χ3n) is 5.69. The van der Waals surface area contributed by atoms with Crippen molar-refractivity contribution in [3.63, 3.8) is 0 Å². The van der Waals surface area contributed by atoms with Crippen molar-refractivity contribution < 1.29 is 9.59 Å². The quantitative estimate of drug-likeness (QED) is 0.709. The third kappa shape index (κ3) is 4.59. The van der Waals surface area contributed by atoms with E-state index < -0.39 is 5.25 Å². The molecule has 0 spiro atoms. The number of hydrogen-bond donors (Lipinski definition) is 1. The molecule has 1 aliphatic carbocycles. The summed E-state index contributed by atoms with van der Waals surface area (Å²) >= 11 is 1.41. The van der Waals surface area contributed by atoms with Crippen LogP contribution in [0.15, 0.2) is 53.5 Å². The summed E-state index contributed by atoms with van der Waals surface area (Å²) in [5.41, 5.74) is 3.78. The summed E-state index contributed by atoms with van der Waals surface area (Å²) in [5, 5.41) is 3.22. The van der Waals surface area contributed by atoms with Crippen molar-refractivity contribution in [3.05, 3.63) is 59.7 Å². The normalized spacial score (nSPS) is 21.2. The lowest BCUT2D eigenvalue weighted by atomic mass is 10.1. The van der Waals surface area contributed by atoms with E-state index in [1.54, 1.807) is 0 Å². The molecule has 0 radical (unpaired) electrons.